The van der Waals surface area contributed by atoms with Crippen LogP contribution >= 0.6 is 15.9 Å². The lowest BCUT2D eigenvalue weighted by molar-refractivity contribution is 0.457. The van der Waals surface area contributed by atoms with Gasteiger partial charge in [-0.25, -0.2) is 18.4 Å². The van der Waals surface area contributed by atoms with E-state index in [0.29, 0.717) is 10.3 Å². The largest absolute Gasteiger partial charge is 0.372 e. The lowest BCUT2D eigenvalue weighted by atomic mass is 10.4. The molecule has 20 heavy (non-hydrogen) atoms. The lowest BCUT2D eigenvalue weighted by Gasteiger charge is -2.17. The van der Waals surface area contributed by atoms with Crippen molar-refractivity contribution in [1.29, 1.82) is 0 Å². The van der Waals surface area contributed by atoms with Crippen molar-refractivity contribution < 1.29 is 8.42 Å². The number of aromatic nitrogens is 4. The summed E-state index contributed by atoms with van der Waals surface area (Å²) < 4.78 is 26.9. The fraction of sp³-hybridized carbons (Fsp3) is 0.300. The van der Waals surface area contributed by atoms with Crippen molar-refractivity contribution in [3.63, 3.8) is 0 Å². The number of halogens is 1. The molecule has 0 aliphatic carbocycles. The molecule has 2 heterocycles. The van der Waals surface area contributed by atoms with Gasteiger partial charge in [-0.1, -0.05) is 0 Å². The number of H-pyrrole nitrogens is 1. The first-order valence-corrected chi connectivity index (χ1v) is 7.82. The Balaban J connectivity index is 2.36. The third-order valence-electron chi connectivity index (χ3n) is 2.58. The Morgan fingerprint density at radius 2 is 2.20 bits per heavy atom. The summed E-state index contributed by atoms with van der Waals surface area (Å²) >= 11 is 3.23. The first-order chi connectivity index (χ1) is 9.45. The summed E-state index contributed by atoms with van der Waals surface area (Å²) in [6.45, 7) is 0.0952. The molecule has 0 unspecified atom stereocenters. The van der Waals surface area contributed by atoms with Crippen LogP contribution in [0.3, 0.4) is 0 Å². The SMILES string of the molecule is CNc1ncc(Br)cc1S(=O)(=O)N(C)Cc1ncn[nH]1. The van der Waals surface area contributed by atoms with Crippen LogP contribution < -0.4 is 5.32 Å². The lowest BCUT2D eigenvalue weighted by Crippen LogP contribution is -2.28. The Morgan fingerprint density at radius 1 is 1.45 bits per heavy atom. The normalized spacial score (nSPS) is 11.8. The molecule has 0 radical (unpaired) electrons. The molecule has 108 valence electrons. The van der Waals surface area contributed by atoms with Gasteiger partial charge in [0.15, 0.2) is 0 Å². The topological polar surface area (TPSA) is 104 Å². The van der Waals surface area contributed by atoms with Gasteiger partial charge in [-0.15, -0.1) is 0 Å². The molecule has 0 fully saturated rings. The summed E-state index contributed by atoms with van der Waals surface area (Å²) in [6, 6.07) is 1.51. The average Bonchev–Trinajstić information content (AvgIpc) is 2.91. The van der Waals surface area contributed by atoms with Crippen molar-refractivity contribution >= 4 is 31.8 Å². The van der Waals surface area contributed by atoms with Crippen LogP contribution in [-0.4, -0.2) is 47.0 Å². The van der Waals surface area contributed by atoms with Crippen LogP contribution in [0.1, 0.15) is 5.82 Å². The zero-order valence-electron chi connectivity index (χ0n) is 10.8. The Labute approximate surface area is 124 Å². The number of sulfonamides is 1. The van der Waals surface area contributed by atoms with Crippen LogP contribution in [0.2, 0.25) is 0 Å². The van der Waals surface area contributed by atoms with Gasteiger partial charge >= 0.3 is 0 Å². The molecule has 0 amide bonds. The number of anilines is 1. The monoisotopic (exact) mass is 360 g/mol. The molecule has 0 atom stereocenters. The van der Waals surface area contributed by atoms with Gasteiger partial charge in [0, 0.05) is 24.8 Å². The maximum Gasteiger partial charge on any atom is 0.246 e. The summed E-state index contributed by atoms with van der Waals surface area (Å²) in [5.41, 5.74) is 0. The van der Waals surface area contributed by atoms with Crippen LogP contribution in [0.5, 0.6) is 0 Å². The first-order valence-electron chi connectivity index (χ1n) is 5.59. The Hall–Kier alpha value is -1.52. The molecule has 0 aliphatic rings. The van der Waals surface area contributed by atoms with Gasteiger partial charge in [0.2, 0.25) is 10.0 Å². The predicted octanol–water partition coefficient (Wildman–Crippen LogP) is 0.825. The van der Waals surface area contributed by atoms with E-state index in [2.05, 4.69) is 41.4 Å². The van der Waals surface area contributed by atoms with Crippen LogP contribution in [0.15, 0.2) is 28.0 Å². The van der Waals surface area contributed by atoms with Crippen molar-refractivity contribution in [2.24, 2.45) is 0 Å². The zero-order chi connectivity index (χ0) is 14.8. The second-order valence-electron chi connectivity index (χ2n) is 3.94. The summed E-state index contributed by atoms with van der Waals surface area (Å²) in [5.74, 6) is 0.752. The fourth-order valence-electron chi connectivity index (χ4n) is 1.58. The van der Waals surface area contributed by atoms with E-state index in [1.54, 1.807) is 7.05 Å². The highest BCUT2D eigenvalue weighted by Crippen LogP contribution is 2.25. The van der Waals surface area contributed by atoms with Gasteiger partial charge < -0.3 is 5.32 Å². The van der Waals surface area contributed by atoms with Gasteiger partial charge in [0.25, 0.3) is 0 Å². The number of aromatic amines is 1. The molecule has 2 N–H and O–H groups in total. The number of hydrogen-bond donors (Lipinski definition) is 2. The van der Waals surface area contributed by atoms with E-state index in [1.807, 2.05) is 0 Å². The Morgan fingerprint density at radius 3 is 2.80 bits per heavy atom. The van der Waals surface area contributed by atoms with Crippen molar-refractivity contribution in [2.75, 3.05) is 19.4 Å². The van der Waals surface area contributed by atoms with Crippen molar-refractivity contribution in [3.8, 4) is 0 Å². The first kappa shape index (κ1) is 14.9. The predicted molar refractivity (Wildman–Crippen MR) is 76.5 cm³/mol. The molecule has 8 nitrogen and oxygen atoms in total. The van der Waals surface area contributed by atoms with E-state index in [9.17, 15) is 8.42 Å². The van der Waals surface area contributed by atoms with E-state index < -0.39 is 10.0 Å². The van der Waals surface area contributed by atoms with Gasteiger partial charge in [-0.05, 0) is 22.0 Å². The third-order valence-corrected chi connectivity index (χ3v) is 4.83. The molecule has 0 saturated carbocycles. The molecule has 10 heteroatoms. The van der Waals surface area contributed by atoms with Crippen molar-refractivity contribution in [2.45, 2.75) is 11.4 Å². The standard InChI is InChI=1S/C10H13BrN6O2S/c1-12-10-8(3-7(11)4-13-10)20(18,19)17(2)5-9-14-6-15-16-9/h3-4,6H,5H2,1-2H3,(H,12,13)(H,14,15,16). The van der Waals surface area contributed by atoms with Gasteiger partial charge in [0.1, 0.15) is 22.9 Å². The molecular weight excluding hydrogens is 348 g/mol. The highest BCUT2D eigenvalue weighted by molar-refractivity contribution is 9.10. The van der Waals surface area contributed by atoms with Crippen molar-refractivity contribution in [1.82, 2.24) is 24.5 Å². The smallest absolute Gasteiger partial charge is 0.246 e. The molecule has 0 aliphatic heterocycles. The average molecular weight is 361 g/mol. The number of rotatable bonds is 5. The minimum Gasteiger partial charge on any atom is -0.372 e. The van der Waals surface area contributed by atoms with Gasteiger partial charge in [-0.3, -0.25) is 5.10 Å². The number of nitrogens with one attached hydrogen (secondary N) is 2. The van der Waals surface area contributed by atoms with Gasteiger partial charge in [-0.2, -0.15) is 9.40 Å². The quantitative estimate of drug-likeness (QED) is 0.817. The minimum atomic E-state index is -3.69. The highest BCUT2D eigenvalue weighted by atomic mass is 79.9. The number of hydrogen-bond acceptors (Lipinski definition) is 6. The molecule has 0 spiro atoms. The summed E-state index contributed by atoms with van der Waals surface area (Å²) in [6.07, 6.45) is 2.86. The summed E-state index contributed by atoms with van der Waals surface area (Å²) in [7, 11) is -0.603. The molecule has 2 rings (SSSR count). The molecule has 2 aromatic rings. The molecule has 0 bridgehead atoms. The summed E-state index contributed by atoms with van der Waals surface area (Å²) in [4.78, 5) is 8.05. The van der Waals surface area contributed by atoms with E-state index in [-0.39, 0.29) is 17.3 Å². The van der Waals surface area contributed by atoms with Crippen LogP contribution in [0.4, 0.5) is 5.82 Å². The van der Waals surface area contributed by atoms with E-state index in [1.165, 1.54) is 29.9 Å². The van der Waals surface area contributed by atoms with Crippen LogP contribution in [-0.2, 0) is 16.6 Å². The molecule has 2 aromatic heterocycles. The van der Waals surface area contributed by atoms with Crippen LogP contribution in [0.25, 0.3) is 0 Å². The second-order valence-corrected chi connectivity index (χ2v) is 6.87. The Kier molecular flexibility index (Phi) is 4.35. The zero-order valence-corrected chi connectivity index (χ0v) is 13.2. The molecule has 0 saturated heterocycles. The van der Waals surface area contributed by atoms with Gasteiger partial charge in [0.05, 0.1) is 6.54 Å². The maximum atomic E-state index is 12.6. The second kappa shape index (κ2) is 5.85. The summed E-state index contributed by atoms with van der Waals surface area (Å²) in [5, 5.41) is 9.08. The highest BCUT2D eigenvalue weighted by Gasteiger charge is 2.25. The Bertz CT molecular complexity index is 688. The maximum absolute atomic E-state index is 12.6. The number of pyridine rings is 1. The van der Waals surface area contributed by atoms with E-state index in [4.69, 9.17) is 0 Å². The number of nitrogens with zero attached hydrogens (tertiary/aromatic N) is 4. The minimum absolute atomic E-state index is 0.0939. The van der Waals surface area contributed by atoms with Crippen LogP contribution in [0, 0.1) is 0 Å². The van der Waals surface area contributed by atoms with E-state index >= 15 is 0 Å². The fourth-order valence-corrected chi connectivity index (χ4v) is 3.36. The van der Waals surface area contributed by atoms with E-state index in [0.717, 1.165) is 0 Å². The van der Waals surface area contributed by atoms with Crippen molar-refractivity contribution in [3.05, 3.63) is 28.9 Å². The third kappa shape index (κ3) is 2.97. The molecular formula is C10H13BrN6O2S. The molecule has 0 aromatic carbocycles.